The standard InChI is InChI=1S/C17H21N3O2S2/c1-4-12(3)18-16(22)20-15(21)10-24-17-19-14(9-23-17)13-7-5-11(2)6-8-13/h5-9,12H,4,10H2,1-3H3,(H2,18,20,21,22)/t12-/m0/s1. The van der Waals surface area contributed by atoms with Crippen molar-refractivity contribution in [3.05, 3.63) is 35.2 Å². The molecule has 0 saturated heterocycles. The van der Waals surface area contributed by atoms with Gasteiger partial charge in [0, 0.05) is 17.0 Å². The predicted molar refractivity (Wildman–Crippen MR) is 99.4 cm³/mol. The Morgan fingerprint density at radius 2 is 2.00 bits per heavy atom. The first-order valence-corrected chi connectivity index (χ1v) is 9.60. The number of benzene rings is 1. The predicted octanol–water partition coefficient (Wildman–Crippen LogP) is 3.83. The molecule has 0 bridgehead atoms. The molecule has 0 aliphatic heterocycles. The van der Waals surface area contributed by atoms with Gasteiger partial charge in [-0.05, 0) is 20.3 Å². The van der Waals surface area contributed by atoms with Gasteiger partial charge in [0.15, 0.2) is 4.34 Å². The molecule has 1 atom stereocenters. The average Bonchev–Trinajstić information content (AvgIpc) is 3.02. The average molecular weight is 364 g/mol. The highest BCUT2D eigenvalue weighted by molar-refractivity contribution is 8.01. The number of hydrogen-bond donors (Lipinski definition) is 2. The highest BCUT2D eigenvalue weighted by Gasteiger charge is 2.12. The summed E-state index contributed by atoms with van der Waals surface area (Å²) in [5.41, 5.74) is 3.16. The molecule has 1 aromatic carbocycles. The molecular formula is C17H21N3O2S2. The fraction of sp³-hybridized carbons (Fsp3) is 0.353. The summed E-state index contributed by atoms with van der Waals surface area (Å²) in [6.45, 7) is 5.90. The Hall–Kier alpha value is -1.86. The minimum atomic E-state index is -0.450. The van der Waals surface area contributed by atoms with Crippen LogP contribution in [-0.4, -0.2) is 28.7 Å². The van der Waals surface area contributed by atoms with E-state index >= 15 is 0 Å². The van der Waals surface area contributed by atoms with Crippen LogP contribution in [0.4, 0.5) is 4.79 Å². The molecule has 7 heteroatoms. The molecular weight excluding hydrogens is 342 g/mol. The summed E-state index contributed by atoms with van der Waals surface area (Å²) in [5, 5.41) is 7.00. The lowest BCUT2D eigenvalue weighted by atomic mass is 10.1. The van der Waals surface area contributed by atoms with Crippen LogP contribution < -0.4 is 10.6 Å². The monoisotopic (exact) mass is 363 g/mol. The Bertz CT molecular complexity index is 698. The lowest BCUT2D eigenvalue weighted by molar-refractivity contribution is -0.117. The second-order valence-electron chi connectivity index (χ2n) is 5.48. The first-order chi connectivity index (χ1) is 11.5. The Kier molecular flexibility index (Phi) is 6.81. The van der Waals surface area contributed by atoms with E-state index in [9.17, 15) is 9.59 Å². The summed E-state index contributed by atoms with van der Waals surface area (Å²) < 4.78 is 0.808. The van der Waals surface area contributed by atoms with Crippen LogP contribution in [0.15, 0.2) is 34.0 Å². The second-order valence-corrected chi connectivity index (χ2v) is 7.56. The number of hydrogen-bond acceptors (Lipinski definition) is 5. The number of rotatable bonds is 6. The van der Waals surface area contributed by atoms with Gasteiger partial charge in [0.1, 0.15) is 0 Å². The first kappa shape index (κ1) is 18.5. The number of aryl methyl sites for hydroxylation is 1. The summed E-state index contributed by atoms with van der Waals surface area (Å²) in [6, 6.07) is 7.75. The number of nitrogens with one attached hydrogen (secondary N) is 2. The molecule has 24 heavy (non-hydrogen) atoms. The van der Waals surface area contributed by atoms with Gasteiger partial charge in [-0.15, -0.1) is 11.3 Å². The summed E-state index contributed by atoms with van der Waals surface area (Å²) in [6.07, 6.45) is 0.817. The molecule has 2 N–H and O–H groups in total. The van der Waals surface area contributed by atoms with Crippen molar-refractivity contribution in [3.63, 3.8) is 0 Å². The fourth-order valence-electron chi connectivity index (χ4n) is 1.83. The van der Waals surface area contributed by atoms with Gasteiger partial charge in [0.05, 0.1) is 11.4 Å². The summed E-state index contributed by atoms with van der Waals surface area (Å²) in [4.78, 5) is 27.9. The topological polar surface area (TPSA) is 71.1 Å². The van der Waals surface area contributed by atoms with E-state index < -0.39 is 6.03 Å². The number of carbonyl (C=O) groups excluding carboxylic acids is 2. The van der Waals surface area contributed by atoms with Crippen molar-refractivity contribution in [2.24, 2.45) is 0 Å². The highest BCUT2D eigenvalue weighted by atomic mass is 32.2. The zero-order valence-corrected chi connectivity index (χ0v) is 15.6. The van der Waals surface area contributed by atoms with Crippen molar-refractivity contribution in [2.75, 3.05) is 5.75 Å². The maximum atomic E-state index is 11.8. The molecule has 1 aromatic heterocycles. The third-order valence-corrected chi connectivity index (χ3v) is 5.42. The van der Waals surface area contributed by atoms with E-state index in [0.717, 1.165) is 22.0 Å². The van der Waals surface area contributed by atoms with Gasteiger partial charge in [-0.25, -0.2) is 9.78 Å². The Morgan fingerprint density at radius 1 is 1.29 bits per heavy atom. The number of thioether (sulfide) groups is 1. The molecule has 128 valence electrons. The Morgan fingerprint density at radius 3 is 2.67 bits per heavy atom. The van der Waals surface area contributed by atoms with Gasteiger partial charge in [0.25, 0.3) is 0 Å². The van der Waals surface area contributed by atoms with Gasteiger partial charge < -0.3 is 5.32 Å². The maximum absolute atomic E-state index is 11.8. The Balaban J connectivity index is 1.83. The van der Waals surface area contributed by atoms with Crippen LogP contribution in [-0.2, 0) is 4.79 Å². The quantitative estimate of drug-likeness (QED) is 0.765. The molecule has 0 aliphatic carbocycles. The minimum absolute atomic E-state index is 0.0430. The van der Waals surface area contributed by atoms with Crippen LogP contribution in [0.25, 0.3) is 11.3 Å². The number of thiazole rings is 1. The molecule has 3 amide bonds. The zero-order valence-electron chi connectivity index (χ0n) is 14.0. The number of nitrogens with zero attached hydrogens (tertiary/aromatic N) is 1. The lowest BCUT2D eigenvalue weighted by Gasteiger charge is -2.11. The number of aromatic nitrogens is 1. The van der Waals surface area contributed by atoms with Crippen molar-refractivity contribution >= 4 is 35.0 Å². The van der Waals surface area contributed by atoms with Crippen LogP contribution in [0, 0.1) is 6.92 Å². The second kappa shape index (κ2) is 8.84. The molecule has 5 nitrogen and oxygen atoms in total. The van der Waals surface area contributed by atoms with Crippen LogP contribution in [0.2, 0.25) is 0 Å². The first-order valence-electron chi connectivity index (χ1n) is 7.73. The summed E-state index contributed by atoms with van der Waals surface area (Å²) in [5.74, 6) is -0.165. The van der Waals surface area contributed by atoms with E-state index in [1.807, 2.05) is 50.4 Å². The van der Waals surface area contributed by atoms with Crippen molar-refractivity contribution in [2.45, 2.75) is 37.6 Å². The van der Waals surface area contributed by atoms with Crippen LogP contribution in [0.1, 0.15) is 25.8 Å². The normalized spacial score (nSPS) is 11.8. The third kappa shape index (κ3) is 5.65. The number of amides is 3. The molecule has 0 unspecified atom stereocenters. The van der Waals surface area contributed by atoms with Gasteiger partial charge in [0.2, 0.25) is 5.91 Å². The Labute approximate surface area is 150 Å². The SMILES string of the molecule is CC[C@H](C)NC(=O)NC(=O)CSc1nc(-c2ccc(C)cc2)cs1. The van der Waals surface area contributed by atoms with Crippen molar-refractivity contribution in [1.29, 1.82) is 0 Å². The molecule has 1 heterocycles. The van der Waals surface area contributed by atoms with E-state index in [0.29, 0.717) is 0 Å². The minimum Gasteiger partial charge on any atom is -0.335 e. The molecule has 0 spiro atoms. The van der Waals surface area contributed by atoms with Crippen molar-refractivity contribution in [1.82, 2.24) is 15.6 Å². The van der Waals surface area contributed by atoms with Crippen molar-refractivity contribution in [3.8, 4) is 11.3 Å². The summed E-state index contributed by atoms with van der Waals surface area (Å²) in [7, 11) is 0. The molecule has 0 aliphatic rings. The van der Waals surface area contributed by atoms with E-state index in [4.69, 9.17) is 0 Å². The van der Waals surface area contributed by atoms with E-state index in [2.05, 4.69) is 15.6 Å². The molecule has 2 rings (SSSR count). The van der Waals surface area contributed by atoms with Crippen LogP contribution >= 0.6 is 23.1 Å². The van der Waals surface area contributed by atoms with Crippen LogP contribution in [0.5, 0.6) is 0 Å². The lowest BCUT2D eigenvalue weighted by Crippen LogP contribution is -2.43. The zero-order chi connectivity index (χ0) is 17.5. The molecule has 0 radical (unpaired) electrons. The number of imide groups is 1. The molecule has 0 fully saturated rings. The molecule has 0 saturated carbocycles. The van der Waals surface area contributed by atoms with Gasteiger partial charge >= 0.3 is 6.03 Å². The van der Waals surface area contributed by atoms with E-state index in [1.54, 1.807) is 0 Å². The summed E-state index contributed by atoms with van der Waals surface area (Å²) >= 11 is 2.82. The van der Waals surface area contributed by atoms with Crippen molar-refractivity contribution < 1.29 is 9.59 Å². The van der Waals surface area contributed by atoms with Crippen LogP contribution in [0.3, 0.4) is 0 Å². The highest BCUT2D eigenvalue weighted by Crippen LogP contribution is 2.28. The van der Waals surface area contributed by atoms with Gasteiger partial charge in [-0.1, -0.05) is 48.5 Å². The maximum Gasteiger partial charge on any atom is 0.321 e. The molecule has 2 aromatic rings. The van der Waals surface area contributed by atoms with E-state index in [1.165, 1.54) is 28.7 Å². The largest absolute Gasteiger partial charge is 0.335 e. The number of urea groups is 1. The van der Waals surface area contributed by atoms with Gasteiger partial charge in [-0.2, -0.15) is 0 Å². The van der Waals surface area contributed by atoms with E-state index in [-0.39, 0.29) is 17.7 Å². The smallest absolute Gasteiger partial charge is 0.321 e. The fourth-order valence-corrected chi connectivity index (χ4v) is 3.47. The number of carbonyl (C=O) groups is 2. The third-order valence-electron chi connectivity index (χ3n) is 3.40. The van der Waals surface area contributed by atoms with Gasteiger partial charge in [-0.3, -0.25) is 10.1 Å².